The Kier molecular flexibility index (Phi) is 5.12. The van der Waals surface area contributed by atoms with Crippen molar-refractivity contribution >= 4 is 23.0 Å². The average Bonchev–Trinajstić information content (AvgIpc) is 2.99. The summed E-state index contributed by atoms with van der Waals surface area (Å²) in [6.07, 6.45) is 0.843. The van der Waals surface area contributed by atoms with Crippen LogP contribution in [-0.4, -0.2) is 18.6 Å². The summed E-state index contributed by atoms with van der Waals surface area (Å²) in [5, 5.41) is 4.86. The quantitative estimate of drug-likeness (QED) is 0.855. The minimum atomic E-state index is -0.665. The smallest absolute Gasteiger partial charge is 0.168 e. The highest BCUT2D eigenvalue weighted by Gasteiger charge is 2.20. The summed E-state index contributed by atoms with van der Waals surface area (Å²) < 4.78 is 27.7. The van der Waals surface area contributed by atoms with E-state index in [1.54, 1.807) is 23.3 Å². The lowest BCUT2D eigenvalue weighted by Crippen LogP contribution is -2.24. The lowest BCUT2D eigenvalue weighted by Gasteiger charge is -2.26. The molecule has 0 spiro atoms. The van der Waals surface area contributed by atoms with Gasteiger partial charge in [0, 0.05) is 24.5 Å². The molecular formula is C15H19F2N3S. The first-order valence-electron chi connectivity index (χ1n) is 6.90. The molecule has 0 bridgehead atoms. The Morgan fingerprint density at radius 3 is 2.76 bits per heavy atom. The van der Waals surface area contributed by atoms with Gasteiger partial charge >= 0.3 is 0 Å². The van der Waals surface area contributed by atoms with Gasteiger partial charge in [0.2, 0.25) is 0 Å². The van der Waals surface area contributed by atoms with Crippen LogP contribution in [0.25, 0.3) is 0 Å². The molecule has 1 atom stereocenters. The van der Waals surface area contributed by atoms with E-state index in [-0.39, 0.29) is 17.7 Å². The number of nitrogens with zero attached hydrogens (tertiary/aromatic N) is 2. The molecule has 0 amide bonds. The van der Waals surface area contributed by atoms with Gasteiger partial charge in [-0.25, -0.2) is 13.8 Å². The van der Waals surface area contributed by atoms with Crippen LogP contribution in [0.4, 0.5) is 20.4 Å². The molecule has 1 unspecified atom stereocenters. The molecule has 0 saturated heterocycles. The molecule has 2 rings (SSSR count). The number of nitrogens with one attached hydrogen (secondary N) is 1. The van der Waals surface area contributed by atoms with Gasteiger partial charge < -0.3 is 10.2 Å². The molecule has 2 heterocycles. The number of halogens is 2. The molecule has 1 N–H and O–H groups in total. The first-order valence-corrected chi connectivity index (χ1v) is 7.78. The molecule has 3 nitrogen and oxygen atoms in total. The lowest BCUT2D eigenvalue weighted by atomic mass is 10.2. The van der Waals surface area contributed by atoms with Gasteiger partial charge in [-0.15, -0.1) is 11.3 Å². The summed E-state index contributed by atoms with van der Waals surface area (Å²) in [6, 6.07) is 4.80. The zero-order chi connectivity index (χ0) is 15.4. The van der Waals surface area contributed by atoms with Gasteiger partial charge in [-0.1, -0.05) is 13.0 Å². The molecule has 114 valence electrons. The maximum absolute atomic E-state index is 14.0. The summed E-state index contributed by atoms with van der Waals surface area (Å²) >= 11 is 1.60. The summed E-state index contributed by atoms with van der Waals surface area (Å²) in [6.45, 7) is 4.54. The van der Waals surface area contributed by atoms with Crippen LogP contribution in [0.2, 0.25) is 0 Å². The lowest BCUT2D eigenvalue weighted by molar-refractivity contribution is 0.566. The zero-order valence-electron chi connectivity index (χ0n) is 12.4. The summed E-state index contributed by atoms with van der Waals surface area (Å²) in [5.41, 5.74) is 0. The topological polar surface area (TPSA) is 28.2 Å². The van der Waals surface area contributed by atoms with Gasteiger partial charge in [-0.2, -0.15) is 0 Å². The van der Waals surface area contributed by atoms with Gasteiger partial charge in [0.25, 0.3) is 0 Å². The summed E-state index contributed by atoms with van der Waals surface area (Å²) in [7, 11) is 1.76. The Balaban J connectivity index is 2.29. The zero-order valence-corrected chi connectivity index (χ0v) is 13.2. The van der Waals surface area contributed by atoms with E-state index in [1.807, 2.05) is 31.4 Å². The molecule has 0 fully saturated rings. The van der Waals surface area contributed by atoms with E-state index < -0.39 is 11.6 Å². The summed E-state index contributed by atoms with van der Waals surface area (Å²) in [5.74, 6) is -1.07. The molecule has 0 saturated carbocycles. The van der Waals surface area contributed by atoms with Crippen LogP contribution in [0, 0.1) is 11.6 Å². The van der Waals surface area contributed by atoms with Gasteiger partial charge in [0.1, 0.15) is 0 Å². The number of pyridine rings is 1. The molecule has 0 aromatic carbocycles. The van der Waals surface area contributed by atoms with Crippen LogP contribution in [0.5, 0.6) is 0 Å². The van der Waals surface area contributed by atoms with Crippen molar-refractivity contribution in [2.24, 2.45) is 0 Å². The van der Waals surface area contributed by atoms with Crippen molar-refractivity contribution < 1.29 is 8.78 Å². The third kappa shape index (κ3) is 3.50. The van der Waals surface area contributed by atoms with Crippen LogP contribution in [-0.2, 0) is 0 Å². The van der Waals surface area contributed by atoms with Crippen molar-refractivity contribution in [2.75, 3.05) is 23.8 Å². The minimum Gasteiger partial charge on any atom is -0.368 e. The van der Waals surface area contributed by atoms with Crippen molar-refractivity contribution in [1.29, 1.82) is 0 Å². The Labute approximate surface area is 127 Å². The van der Waals surface area contributed by atoms with Crippen molar-refractivity contribution in [2.45, 2.75) is 26.3 Å². The Morgan fingerprint density at radius 1 is 1.38 bits per heavy atom. The first-order chi connectivity index (χ1) is 10.0. The molecule has 2 aromatic heterocycles. The minimum absolute atomic E-state index is 0.0310. The van der Waals surface area contributed by atoms with Gasteiger partial charge in [0.15, 0.2) is 23.3 Å². The van der Waals surface area contributed by atoms with E-state index in [0.29, 0.717) is 6.54 Å². The molecule has 0 aliphatic carbocycles. The van der Waals surface area contributed by atoms with E-state index in [9.17, 15) is 8.78 Å². The van der Waals surface area contributed by atoms with Crippen molar-refractivity contribution in [3.05, 3.63) is 40.1 Å². The van der Waals surface area contributed by atoms with Crippen LogP contribution >= 0.6 is 11.3 Å². The number of aromatic nitrogens is 1. The predicted octanol–water partition coefficient (Wildman–Crippen LogP) is 4.44. The van der Waals surface area contributed by atoms with E-state index >= 15 is 0 Å². The average molecular weight is 311 g/mol. The molecule has 0 aliphatic rings. The van der Waals surface area contributed by atoms with Gasteiger partial charge in [-0.05, 0) is 24.8 Å². The van der Waals surface area contributed by atoms with Crippen LogP contribution in [0.1, 0.15) is 31.2 Å². The fourth-order valence-electron chi connectivity index (χ4n) is 1.97. The van der Waals surface area contributed by atoms with Gasteiger partial charge in [-0.3, -0.25) is 0 Å². The van der Waals surface area contributed by atoms with E-state index in [2.05, 4.69) is 10.3 Å². The monoisotopic (exact) mass is 311 g/mol. The largest absolute Gasteiger partial charge is 0.368 e. The standard InChI is InChI=1S/C15H19F2N3S/c1-4-7-18-14-11(16)9-12(17)15(19-14)20(3)10(2)13-6-5-8-21-13/h5-6,8-10H,4,7H2,1-3H3,(H,18,19). The number of rotatable bonds is 6. The fourth-order valence-corrected chi connectivity index (χ4v) is 2.80. The number of thiophene rings is 1. The highest BCUT2D eigenvalue weighted by molar-refractivity contribution is 7.10. The molecule has 2 aromatic rings. The molecule has 6 heteroatoms. The van der Waals surface area contributed by atoms with Crippen LogP contribution in [0.3, 0.4) is 0 Å². The Morgan fingerprint density at radius 2 is 2.14 bits per heavy atom. The normalized spacial score (nSPS) is 12.2. The van der Waals surface area contributed by atoms with E-state index in [4.69, 9.17) is 0 Å². The van der Waals surface area contributed by atoms with Crippen molar-refractivity contribution in [3.63, 3.8) is 0 Å². The van der Waals surface area contributed by atoms with Crippen molar-refractivity contribution in [3.8, 4) is 0 Å². The summed E-state index contributed by atoms with van der Waals surface area (Å²) in [4.78, 5) is 6.93. The molecule has 21 heavy (non-hydrogen) atoms. The fraction of sp³-hybridized carbons (Fsp3) is 0.400. The molecule has 0 radical (unpaired) electrons. The third-order valence-corrected chi connectivity index (χ3v) is 4.37. The van der Waals surface area contributed by atoms with Crippen LogP contribution in [0.15, 0.2) is 23.6 Å². The van der Waals surface area contributed by atoms with Gasteiger partial charge in [0.05, 0.1) is 6.04 Å². The van der Waals surface area contributed by atoms with E-state index in [1.165, 1.54) is 0 Å². The maximum Gasteiger partial charge on any atom is 0.168 e. The second-order valence-corrected chi connectivity index (χ2v) is 5.83. The SMILES string of the molecule is CCCNc1nc(N(C)C(C)c2cccs2)c(F)cc1F. The number of hydrogen-bond acceptors (Lipinski definition) is 4. The number of anilines is 2. The Hall–Kier alpha value is -1.69. The molecular weight excluding hydrogens is 292 g/mol. The highest BCUT2D eigenvalue weighted by Crippen LogP contribution is 2.30. The second-order valence-electron chi connectivity index (χ2n) is 4.85. The van der Waals surface area contributed by atoms with E-state index in [0.717, 1.165) is 17.4 Å². The molecule has 0 aliphatic heterocycles. The predicted molar refractivity (Wildman–Crippen MR) is 84.1 cm³/mol. The third-order valence-electron chi connectivity index (χ3n) is 3.32. The number of hydrogen-bond donors (Lipinski definition) is 1. The Bertz CT molecular complexity index is 587. The highest BCUT2D eigenvalue weighted by atomic mass is 32.1. The first kappa shape index (κ1) is 15.7. The van der Waals surface area contributed by atoms with Crippen molar-refractivity contribution in [1.82, 2.24) is 4.98 Å². The maximum atomic E-state index is 14.0. The van der Waals surface area contributed by atoms with Crippen LogP contribution < -0.4 is 10.2 Å². The second kappa shape index (κ2) is 6.85.